The first-order chi connectivity index (χ1) is 14.1. The van der Waals surface area contributed by atoms with Crippen LogP contribution in [0.3, 0.4) is 0 Å². The molecule has 4 nitrogen and oxygen atoms in total. The molecule has 0 saturated carbocycles. The molecule has 5 heteroatoms. The standard InChI is InChI=1S/C24H16ClN3O/c25-20-8-10-21(11-9-20)27-24(29)19(16-26)15-22-6-3-13-28(22)23-12-7-17-4-1-2-5-18(17)14-23/h1-15H,(H,27,29)/b19-15-. The molecule has 1 amide bonds. The van der Waals surface area contributed by atoms with Gasteiger partial charge in [0.2, 0.25) is 0 Å². The number of benzene rings is 3. The van der Waals surface area contributed by atoms with Crippen molar-refractivity contribution in [2.24, 2.45) is 0 Å². The Morgan fingerprint density at radius 1 is 0.966 bits per heavy atom. The Kier molecular flexibility index (Phi) is 5.15. The highest BCUT2D eigenvalue weighted by molar-refractivity contribution is 6.30. The van der Waals surface area contributed by atoms with Gasteiger partial charge in [-0.1, -0.05) is 41.9 Å². The van der Waals surface area contributed by atoms with Crippen molar-refractivity contribution in [3.05, 3.63) is 101 Å². The Bertz CT molecular complexity index is 1260. The molecule has 0 saturated heterocycles. The van der Waals surface area contributed by atoms with E-state index in [1.807, 2.05) is 47.2 Å². The molecule has 140 valence electrons. The molecule has 0 atom stereocenters. The van der Waals surface area contributed by atoms with Gasteiger partial charge in [-0.3, -0.25) is 4.79 Å². The monoisotopic (exact) mass is 397 g/mol. The third-order valence-electron chi connectivity index (χ3n) is 4.55. The molecule has 29 heavy (non-hydrogen) atoms. The number of carbonyl (C=O) groups excluding carboxylic acids is 1. The molecule has 0 bridgehead atoms. The molecular weight excluding hydrogens is 382 g/mol. The number of nitriles is 1. The van der Waals surface area contributed by atoms with Crippen LogP contribution in [-0.2, 0) is 4.79 Å². The number of nitrogens with one attached hydrogen (secondary N) is 1. The fraction of sp³-hybridized carbons (Fsp3) is 0. The molecule has 1 N–H and O–H groups in total. The molecule has 1 aromatic heterocycles. The first-order valence-corrected chi connectivity index (χ1v) is 9.37. The molecule has 0 aliphatic carbocycles. The van der Waals surface area contributed by atoms with E-state index >= 15 is 0 Å². The van der Waals surface area contributed by atoms with E-state index in [2.05, 4.69) is 29.6 Å². The fourth-order valence-electron chi connectivity index (χ4n) is 3.10. The summed E-state index contributed by atoms with van der Waals surface area (Å²) >= 11 is 5.87. The van der Waals surface area contributed by atoms with E-state index in [0.29, 0.717) is 10.7 Å². The van der Waals surface area contributed by atoms with Gasteiger partial charge in [-0.25, -0.2) is 0 Å². The van der Waals surface area contributed by atoms with Crippen molar-refractivity contribution in [3.8, 4) is 11.8 Å². The number of amides is 1. The normalized spacial score (nSPS) is 11.2. The lowest BCUT2D eigenvalue weighted by molar-refractivity contribution is -0.112. The molecule has 0 aliphatic heterocycles. The van der Waals surface area contributed by atoms with Gasteiger partial charge in [0.15, 0.2) is 0 Å². The minimum absolute atomic E-state index is 0.0145. The number of anilines is 1. The van der Waals surface area contributed by atoms with Crippen LogP contribution in [0.15, 0.2) is 90.6 Å². The Morgan fingerprint density at radius 2 is 1.72 bits per heavy atom. The highest BCUT2D eigenvalue weighted by Crippen LogP contribution is 2.22. The summed E-state index contributed by atoms with van der Waals surface area (Å²) in [6, 6.07) is 26.7. The molecule has 0 spiro atoms. The van der Waals surface area contributed by atoms with Crippen LogP contribution in [0.1, 0.15) is 5.69 Å². The zero-order valence-electron chi connectivity index (χ0n) is 15.3. The largest absolute Gasteiger partial charge is 0.321 e. The van der Waals surface area contributed by atoms with E-state index in [1.54, 1.807) is 30.3 Å². The number of nitrogens with zero attached hydrogens (tertiary/aromatic N) is 2. The van der Waals surface area contributed by atoms with Gasteiger partial charge in [-0.2, -0.15) is 5.26 Å². The second-order valence-corrected chi connectivity index (χ2v) is 6.90. The van der Waals surface area contributed by atoms with Gasteiger partial charge >= 0.3 is 0 Å². The molecule has 0 fully saturated rings. The van der Waals surface area contributed by atoms with E-state index in [4.69, 9.17) is 11.6 Å². The van der Waals surface area contributed by atoms with Gasteiger partial charge in [-0.15, -0.1) is 0 Å². The number of carbonyl (C=O) groups is 1. The number of fused-ring (bicyclic) bond motifs is 1. The number of halogens is 1. The molecular formula is C24H16ClN3O. The van der Waals surface area contributed by atoms with Crippen LogP contribution in [0.2, 0.25) is 5.02 Å². The number of rotatable bonds is 4. The minimum Gasteiger partial charge on any atom is -0.321 e. The van der Waals surface area contributed by atoms with Gasteiger partial charge in [-0.05, 0) is 65.4 Å². The third-order valence-corrected chi connectivity index (χ3v) is 4.80. The average molecular weight is 398 g/mol. The summed E-state index contributed by atoms with van der Waals surface area (Å²) < 4.78 is 1.94. The van der Waals surface area contributed by atoms with Gasteiger partial charge < -0.3 is 9.88 Å². The molecule has 3 aromatic carbocycles. The van der Waals surface area contributed by atoms with Crippen LogP contribution < -0.4 is 5.32 Å². The summed E-state index contributed by atoms with van der Waals surface area (Å²) in [5.41, 5.74) is 2.28. The Balaban J connectivity index is 1.64. The lowest BCUT2D eigenvalue weighted by Gasteiger charge is -2.09. The van der Waals surface area contributed by atoms with Crippen LogP contribution in [-0.4, -0.2) is 10.5 Å². The van der Waals surface area contributed by atoms with Gasteiger partial charge in [0, 0.05) is 28.3 Å². The first-order valence-electron chi connectivity index (χ1n) is 8.99. The van der Waals surface area contributed by atoms with Gasteiger partial charge in [0.1, 0.15) is 11.6 Å². The van der Waals surface area contributed by atoms with E-state index < -0.39 is 5.91 Å². The van der Waals surface area contributed by atoms with Crippen LogP contribution in [0, 0.1) is 11.3 Å². The zero-order chi connectivity index (χ0) is 20.2. The second kappa shape index (κ2) is 8.05. The maximum atomic E-state index is 12.5. The Hall–Kier alpha value is -3.81. The van der Waals surface area contributed by atoms with Crippen molar-refractivity contribution in [2.75, 3.05) is 5.32 Å². The van der Waals surface area contributed by atoms with Crippen molar-refractivity contribution < 1.29 is 4.79 Å². The van der Waals surface area contributed by atoms with Gasteiger partial charge in [0.05, 0.1) is 0 Å². The first kappa shape index (κ1) is 18.5. The van der Waals surface area contributed by atoms with E-state index in [0.717, 1.165) is 22.2 Å². The van der Waals surface area contributed by atoms with Crippen molar-refractivity contribution in [1.29, 1.82) is 5.26 Å². The predicted molar refractivity (Wildman–Crippen MR) is 117 cm³/mol. The summed E-state index contributed by atoms with van der Waals surface area (Å²) in [6.45, 7) is 0. The molecule has 1 heterocycles. The molecule has 0 radical (unpaired) electrons. The Labute approximate surface area is 173 Å². The number of hydrogen-bond acceptors (Lipinski definition) is 2. The average Bonchev–Trinajstić information content (AvgIpc) is 3.21. The van der Waals surface area contributed by atoms with Crippen molar-refractivity contribution in [3.63, 3.8) is 0 Å². The lowest BCUT2D eigenvalue weighted by Crippen LogP contribution is -2.13. The molecule has 4 rings (SSSR count). The maximum absolute atomic E-state index is 12.5. The molecule has 0 unspecified atom stereocenters. The van der Waals surface area contributed by atoms with Crippen LogP contribution >= 0.6 is 11.6 Å². The summed E-state index contributed by atoms with van der Waals surface area (Å²) in [5, 5.41) is 15.1. The summed E-state index contributed by atoms with van der Waals surface area (Å²) in [5.74, 6) is -0.471. The highest BCUT2D eigenvalue weighted by atomic mass is 35.5. The van der Waals surface area contributed by atoms with Crippen molar-refractivity contribution >= 4 is 40.0 Å². The topological polar surface area (TPSA) is 57.8 Å². The van der Waals surface area contributed by atoms with Gasteiger partial charge in [0.25, 0.3) is 5.91 Å². The second-order valence-electron chi connectivity index (χ2n) is 6.47. The van der Waals surface area contributed by atoms with Crippen LogP contribution in [0.4, 0.5) is 5.69 Å². The highest BCUT2D eigenvalue weighted by Gasteiger charge is 2.11. The number of aromatic nitrogens is 1. The molecule has 0 aliphatic rings. The minimum atomic E-state index is -0.471. The molecule has 4 aromatic rings. The van der Waals surface area contributed by atoms with Crippen molar-refractivity contribution in [2.45, 2.75) is 0 Å². The third kappa shape index (κ3) is 4.06. The quantitative estimate of drug-likeness (QED) is 0.348. The van der Waals surface area contributed by atoms with Crippen molar-refractivity contribution in [1.82, 2.24) is 4.57 Å². The van der Waals surface area contributed by atoms with E-state index in [9.17, 15) is 10.1 Å². The predicted octanol–water partition coefficient (Wildman–Crippen LogP) is 5.83. The fourth-order valence-corrected chi connectivity index (χ4v) is 3.23. The smallest absolute Gasteiger partial charge is 0.266 e. The zero-order valence-corrected chi connectivity index (χ0v) is 16.1. The summed E-state index contributed by atoms with van der Waals surface area (Å²) in [7, 11) is 0. The summed E-state index contributed by atoms with van der Waals surface area (Å²) in [6.07, 6.45) is 3.49. The lowest BCUT2D eigenvalue weighted by atomic mass is 10.1. The Morgan fingerprint density at radius 3 is 2.48 bits per heavy atom. The summed E-state index contributed by atoms with van der Waals surface area (Å²) in [4.78, 5) is 12.5. The maximum Gasteiger partial charge on any atom is 0.266 e. The number of hydrogen-bond donors (Lipinski definition) is 1. The SMILES string of the molecule is N#C/C(=C/c1cccn1-c1ccc2ccccc2c1)C(=O)Nc1ccc(Cl)cc1. The van der Waals surface area contributed by atoms with Crippen LogP contribution in [0.25, 0.3) is 22.5 Å². The van der Waals surface area contributed by atoms with E-state index in [-0.39, 0.29) is 5.57 Å². The van der Waals surface area contributed by atoms with E-state index in [1.165, 1.54) is 0 Å². The van der Waals surface area contributed by atoms with Crippen LogP contribution in [0.5, 0.6) is 0 Å².